The molecule has 2 aliphatic rings. The van der Waals surface area contributed by atoms with Crippen LogP contribution in [0.15, 0.2) is 260 Å². The van der Waals surface area contributed by atoms with Crippen LogP contribution >= 0.6 is 15.9 Å². The van der Waals surface area contributed by atoms with Crippen molar-refractivity contribution >= 4 is 75.5 Å². The Morgan fingerprint density at radius 2 is 0.739 bits per heavy atom. The standard InChI is InChI=1S/C82H70BBrN2O2/c1-7-11-49-81(50-12-8-2)77-52-62(84)26-48-73(77)75-54-80-76(53-78(75)81)74-47-25-61(83)51-79(74)82(80,59-21-39-69(40-22-59)87-71-43-35-67(36-44-71)85(63-27-13-55(5)14-28-63)65-31-17-57(9-3)18-32-65)60-23-41-70(42-24-60)88-72-45-37-68(38-46-72)86(64-29-15-56(6)16-30-64)66-33-19-58(10-4)20-34-66/h9-10,13-48,51-54H,3-4,7-8,11-12,49-50H2,1-2,5-6H3. The van der Waals surface area contributed by atoms with Gasteiger partial charge in [-0.05, 0) is 239 Å². The number of ether oxygens (including phenoxy) is 2. The highest BCUT2D eigenvalue weighted by molar-refractivity contribution is 9.10. The van der Waals surface area contributed by atoms with E-state index in [0.29, 0.717) is 0 Å². The Bertz CT molecular complexity index is 4130. The molecule has 6 heteroatoms. The SMILES string of the molecule is [B]c1ccc2c(c1)C(c1ccc(Oc3ccc(N(c4ccc(C)cc4)c4ccc(C=C)cc4)cc3)cc1)(c1ccc(Oc3ccc(N(c4ccc(C)cc4)c4ccc(C=C)cc4)cc3)cc1)c1cc3c(cc1-2)C(CCCC)(CCCC)c1cc(Br)ccc1-3. The number of unbranched alkanes of at least 4 members (excludes halogenated alkanes) is 2. The van der Waals surface area contributed by atoms with E-state index < -0.39 is 5.41 Å². The van der Waals surface area contributed by atoms with Crippen LogP contribution < -0.4 is 24.7 Å². The quantitative estimate of drug-likeness (QED) is 0.0710. The molecule has 11 aromatic carbocycles. The lowest BCUT2D eigenvalue weighted by atomic mass is 9.66. The summed E-state index contributed by atoms with van der Waals surface area (Å²) in [5.41, 5.74) is 23.2. The van der Waals surface area contributed by atoms with Gasteiger partial charge in [0, 0.05) is 44.0 Å². The molecule has 0 aromatic heterocycles. The molecule has 4 nitrogen and oxygen atoms in total. The van der Waals surface area contributed by atoms with Gasteiger partial charge in [-0.3, -0.25) is 0 Å². The van der Waals surface area contributed by atoms with E-state index in [0.717, 1.165) is 133 Å². The average molecular weight is 1210 g/mol. The molecular formula is C82H70BBrN2O2. The normalized spacial score (nSPS) is 13.0. The van der Waals surface area contributed by atoms with E-state index in [2.05, 4.69) is 309 Å². The number of rotatable bonds is 20. The van der Waals surface area contributed by atoms with E-state index in [4.69, 9.17) is 17.3 Å². The Hall–Kier alpha value is -9.36. The lowest BCUT2D eigenvalue weighted by Gasteiger charge is -2.35. The minimum atomic E-state index is -0.782. The van der Waals surface area contributed by atoms with Crippen LogP contribution in [0.25, 0.3) is 34.4 Å². The van der Waals surface area contributed by atoms with Crippen molar-refractivity contribution < 1.29 is 9.47 Å². The molecule has 0 aliphatic heterocycles. The Morgan fingerprint density at radius 1 is 0.398 bits per heavy atom. The number of hydrogen-bond donors (Lipinski definition) is 0. The van der Waals surface area contributed by atoms with Gasteiger partial charge < -0.3 is 19.3 Å². The van der Waals surface area contributed by atoms with Crippen LogP contribution in [0.4, 0.5) is 34.1 Å². The Morgan fingerprint density at radius 3 is 1.16 bits per heavy atom. The first-order valence-electron chi connectivity index (χ1n) is 30.9. The molecule has 0 heterocycles. The second kappa shape index (κ2) is 24.4. The van der Waals surface area contributed by atoms with Crippen molar-refractivity contribution in [1.82, 2.24) is 0 Å². The third-order valence-corrected chi connectivity index (χ3v) is 18.6. The van der Waals surface area contributed by atoms with E-state index in [9.17, 15) is 0 Å². The molecule has 0 saturated heterocycles. The maximum Gasteiger partial charge on any atom is 0.127 e. The van der Waals surface area contributed by atoms with Crippen molar-refractivity contribution in [2.45, 2.75) is 77.0 Å². The zero-order valence-corrected chi connectivity index (χ0v) is 52.2. The molecule has 0 saturated carbocycles. The van der Waals surface area contributed by atoms with Gasteiger partial charge in [-0.1, -0.05) is 194 Å². The summed E-state index contributed by atoms with van der Waals surface area (Å²) < 4.78 is 14.6. The summed E-state index contributed by atoms with van der Waals surface area (Å²) in [6.45, 7) is 16.8. The van der Waals surface area contributed by atoms with Gasteiger partial charge in [-0.2, -0.15) is 0 Å². The average Bonchev–Trinajstić information content (AvgIpc) is 1.52. The molecule has 0 fully saturated rings. The zero-order chi connectivity index (χ0) is 60.5. The molecule has 88 heavy (non-hydrogen) atoms. The molecule has 0 N–H and O–H groups in total. The van der Waals surface area contributed by atoms with Crippen molar-refractivity contribution in [2.24, 2.45) is 0 Å². The summed E-state index contributed by atoms with van der Waals surface area (Å²) in [5, 5.41) is 0. The van der Waals surface area contributed by atoms with E-state index in [1.54, 1.807) is 0 Å². The van der Waals surface area contributed by atoms with Crippen LogP contribution in [0.3, 0.4) is 0 Å². The molecule has 13 rings (SSSR count). The molecule has 11 aromatic rings. The largest absolute Gasteiger partial charge is 0.457 e. The van der Waals surface area contributed by atoms with Gasteiger partial charge in [-0.25, -0.2) is 0 Å². The minimum Gasteiger partial charge on any atom is -0.457 e. The minimum absolute atomic E-state index is 0.116. The third kappa shape index (κ3) is 10.7. The Kier molecular flexibility index (Phi) is 16.0. The molecule has 0 amide bonds. The van der Waals surface area contributed by atoms with E-state index in [-0.39, 0.29) is 5.41 Å². The van der Waals surface area contributed by atoms with Crippen molar-refractivity contribution in [2.75, 3.05) is 9.80 Å². The third-order valence-electron chi connectivity index (χ3n) is 18.1. The van der Waals surface area contributed by atoms with Crippen LogP contribution in [-0.2, 0) is 10.8 Å². The molecule has 430 valence electrons. The van der Waals surface area contributed by atoms with Gasteiger partial charge >= 0.3 is 0 Å². The number of halogens is 1. The first kappa shape index (κ1) is 57.7. The van der Waals surface area contributed by atoms with E-state index in [1.807, 2.05) is 12.2 Å². The lowest BCUT2D eigenvalue weighted by molar-refractivity contribution is 0.414. The number of nitrogens with zero attached hydrogens (tertiary/aromatic N) is 2. The summed E-state index contributed by atoms with van der Waals surface area (Å²) in [5.74, 6) is 2.95. The number of aryl methyl sites for hydroxylation is 2. The van der Waals surface area contributed by atoms with Crippen LogP contribution in [0.1, 0.15) is 108 Å². The van der Waals surface area contributed by atoms with E-state index >= 15 is 0 Å². The van der Waals surface area contributed by atoms with Crippen molar-refractivity contribution in [1.29, 1.82) is 0 Å². The van der Waals surface area contributed by atoms with Crippen LogP contribution in [0, 0.1) is 13.8 Å². The van der Waals surface area contributed by atoms with Gasteiger partial charge in [0.15, 0.2) is 0 Å². The smallest absolute Gasteiger partial charge is 0.127 e. The first-order valence-corrected chi connectivity index (χ1v) is 31.6. The highest BCUT2D eigenvalue weighted by atomic mass is 79.9. The molecule has 0 unspecified atom stereocenters. The molecule has 0 bridgehead atoms. The zero-order valence-electron chi connectivity index (χ0n) is 50.6. The maximum atomic E-state index is 6.96. The van der Waals surface area contributed by atoms with Crippen LogP contribution in [0.5, 0.6) is 23.0 Å². The summed E-state index contributed by atoms with van der Waals surface area (Å²) in [7, 11) is 6.96. The maximum absolute atomic E-state index is 6.96. The summed E-state index contributed by atoms with van der Waals surface area (Å²) >= 11 is 3.94. The molecule has 0 spiro atoms. The second-order valence-electron chi connectivity index (χ2n) is 23.7. The second-order valence-corrected chi connectivity index (χ2v) is 24.6. The van der Waals surface area contributed by atoms with Gasteiger partial charge in [0.1, 0.15) is 30.8 Å². The number of benzene rings is 11. The fourth-order valence-corrected chi connectivity index (χ4v) is 14.0. The predicted octanol–water partition coefficient (Wildman–Crippen LogP) is 22.7. The van der Waals surface area contributed by atoms with Crippen LogP contribution in [0.2, 0.25) is 0 Å². The predicted molar refractivity (Wildman–Crippen MR) is 374 cm³/mol. The summed E-state index contributed by atoms with van der Waals surface area (Å²) in [4.78, 5) is 4.53. The van der Waals surface area contributed by atoms with Gasteiger partial charge in [-0.15, -0.1) is 0 Å². The monoisotopic (exact) mass is 1200 g/mol. The molecule has 2 radical (unpaired) electrons. The summed E-state index contributed by atoms with van der Waals surface area (Å²) in [6.07, 6.45) is 10.5. The van der Waals surface area contributed by atoms with Crippen molar-refractivity contribution in [3.8, 4) is 45.3 Å². The Labute approximate surface area is 529 Å². The van der Waals surface area contributed by atoms with Crippen molar-refractivity contribution in [3.05, 3.63) is 316 Å². The van der Waals surface area contributed by atoms with Crippen molar-refractivity contribution in [3.63, 3.8) is 0 Å². The van der Waals surface area contributed by atoms with Gasteiger partial charge in [0.2, 0.25) is 0 Å². The van der Waals surface area contributed by atoms with Gasteiger partial charge in [0.05, 0.1) is 5.41 Å². The molecule has 2 aliphatic carbocycles. The fraction of sp³-hybridized carbons (Fsp3) is 0.146. The first-order chi connectivity index (χ1) is 43.0. The van der Waals surface area contributed by atoms with Crippen LogP contribution in [-0.4, -0.2) is 7.85 Å². The number of hydrogen-bond acceptors (Lipinski definition) is 4. The highest BCUT2D eigenvalue weighted by Gasteiger charge is 2.50. The lowest BCUT2D eigenvalue weighted by Crippen LogP contribution is -2.30. The number of anilines is 6. The Balaban J connectivity index is 0.895. The molecular weight excluding hydrogens is 1140 g/mol. The van der Waals surface area contributed by atoms with E-state index in [1.165, 1.54) is 50.1 Å². The molecule has 0 atom stereocenters. The number of fused-ring (bicyclic) bond motifs is 6. The topological polar surface area (TPSA) is 24.9 Å². The summed E-state index contributed by atoms with van der Waals surface area (Å²) in [6, 6.07) is 87.1. The van der Waals surface area contributed by atoms with Gasteiger partial charge in [0.25, 0.3) is 0 Å². The fourth-order valence-electron chi connectivity index (χ4n) is 13.7. The highest BCUT2D eigenvalue weighted by Crippen LogP contribution is 2.62.